The summed E-state index contributed by atoms with van der Waals surface area (Å²) in [5.41, 5.74) is 7.83. The van der Waals surface area contributed by atoms with E-state index in [4.69, 9.17) is 34.2 Å². The predicted molar refractivity (Wildman–Crippen MR) is 91.0 cm³/mol. The van der Waals surface area contributed by atoms with Gasteiger partial charge < -0.3 is 34.2 Å². The van der Waals surface area contributed by atoms with Crippen molar-refractivity contribution in [3.05, 3.63) is 46.8 Å². The Balaban J connectivity index is 1.73. The fourth-order valence-electron chi connectivity index (χ4n) is 3.51. The number of benzene rings is 2. The summed E-state index contributed by atoms with van der Waals surface area (Å²) in [4.78, 5) is 0. The van der Waals surface area contributed by atoms with Crippen LogP contribution in [0.4, 0.5) is 0 Å². The molecule has 27 heavy (non-hydrogen) atoms. The first-order valence-corrected chi connectivity index (χ1v) is 8.18. The Morgan fingerprint density at radius 1 is 1.00 bits per heavy atom. The van der Waals surface area contributed by atoms with Crippen LogP contribution in [0.3, 0.4) is 0 Å². The number of allylic oxidation sites excluding steroid dienone is 1. The first-order valence-electron chi connectivity index (χ1n) is 8.18. The molecular formula is C19H14N2O6. The lowest BCUT2D eigenvalue weighted by Crippen LogP contribution is -2.21. The zero-order chi connectivity index (χ0) is 18.5. The Bertz CT molecular complexity index is 1040. The molecule has 0 aromatic heterocycles. The number of nitriles is 1. The van der Waals surface area contributed by atoms with E-state index < -0.39 is 5.92 Å². The van der Waals surface area contributed by atoms with Crippen molar-refractivity contribution in [3.63, 3.8) is 0 Å². The Morgan fingerprint density at radius 2 is 1.74 bits per heavy atom. The van der Waals surface area contributed by atoms with Crippen molar-refractivity contribution in [2.45, 2.75) is 5.92 Å². The number of hydrogen-bond acceptors (Lipinski definition) is 8. The molecule has 0 radical (unpaired) electrons. The first kappa shape index (κ1) is 15.5. The van der Waals surface area contributed by atoms with E-state index in [-0.39, 0.29) is 19.5 Å². The summed E-state index contributed by atoms with van der Waals surface area (Å²) < 4.78 is 33.0. The van der Waals surface area contributed by atoms with Crippen molar-refractivity contribution in [2.75, 3.05) is 20.7 Å². The summed E-state index contributed by atoms with van der Waals surface area (Å²) in [5, 5.41) is 9.72. The highest BCUT2D eigenvalue weighted by Crippen LogP contribution is 2.51. The van der Waals surface area contributed by atoms with E-state index in [2.05, 4.69) is 6.07 Å². The molecule has 0 fully saturated rings. The van der Waals surface area contributed by atoms with Gasteiger partial charge in [-0.25, -0.2) is 0 Å². The topological polar surface area (TPSA) is 105 Å². The summed E-state index contributed by atoms with van der Waals surface area (Å²) in [5.74, 6) is 2.85. The molecule has 8 nitrogen and oxygen atoms in total. The maximum Gasteiger partial charge on any atom is 0.231 e. The normalized spacial score (nSPS) is 18.6. The standard InChI is InChI=1S/C19H14N2O6/c1-22-15-2-9(3-16-18(15)26-8-25-16)17-10-4-13-14(24-7-23-13)5-12(10)27-19(21)11(17)6-20/h2-5,17H,7-8,21H2,1H3. The van der Waals surface area contributed by atoms with Crippen LogP contribution in [0.5, 0.6) is 34.5 Å². The number of nitrogens with zero attached hydrogens (tertiary/aromatic N) is 1. The summed E-state index contributed by atoms with van der Waals surface area (Å²) in [6.45, 7) is 0.246. The number of hydrogen-bond donors (Lipinski definition) is 1. The maximum atomic E-state index is 9.72. The average molecular weight is 366 g/mol. The van der Waals surface area contributed by atoms with Crippen LogP contribution >= 0.6 is 0 Å². The van der Waals surface area contributed by atoms with E-state index in [0.29, 0.717) is 40.1 Å². The van der Waals surface area contributed by atoms with Gasteiger partial charge in [-0.2, -0.15) is 5.26 Å². The number of methoxy groups -OCH3 is 1. The molecule has 0 saturated carbocycles. The Hall–Kier alpha value is -3.73. The van der Waals surface area contributed by atoms with Crippen LogP contribution in [0.2, 0.25) is 0 Å². The summed E-state index contributed by atoms with van der Waals surface area (Å²) in [7, 11) is 1.55. The molecule has 5 rings (SSSR count). The van der Waals surface area contributed by atoms with Gasteiger partial charge in [0, 0.05) is 11.6 Å². The maximum absolute atomic E-state index is 9.72. The van der Waals surface area contributed by atoms with E-state index in [1.54, 1.807) is 13.2 Å². The molecule has 0 amide bonds. The van der Waals surface area contributed by atoms with Crippen molar-refractivity contribution < 1.29 is 28.4 Å². The SMILES string of the molecule is COc1cc(C2C(C#N)=C(N)Oc3cc4c(cc32)OCO4)cc2c1OCO2. The monoisotopic (exact) mass is 366 g/mol. The quantitative estimate of drug-likeness (QED) is 0.864. The minimum Gasteiger partial charge on any atom is -0.493 e. The minimum atomic E-state index is -0.475. The van der Waals surface area contributed by atoms with Crippen LogP contribution < -0.4 is 34.2 Å². The lowest BCUT2D eigenvalue weighted by Gasteiger charge is -2.27. The molecule has 1 unspecified atom stereocenters. The third-order valence-electron chi connectivity index (χ3n) is 4.72. The predicted octanol–water partition coefficient (Wildman–Crippen LogP) is 2.37. The third-order valence-corrected chi connectivity index (χ3v) is 4.72. The zero-order valence-electron chi connectivity index (χ0n) is 14.3. The second-order valence-corrected chi connectivity index (χ2v) is 6.13. The van der Waals surface area contributed by atoms with Crippen molar-refractivity contribution in [3.8, 4) is 40.6 Å². The van der Waals surface area contributed by atoms with E-state index in [1.807, 2.05) is 18.2 Å². The van der Waals surface area contributed by atoms with Gasteiger partial charge in [0.05, 0.1) is 13.0 Å². The fraction of sp³-hybridized carbons (Fsp3) is 0.211. The fourth-order valence-corrected chi connectivity index (χ4v) is 3.51. The highest BCUT2D eigenvalue weighted by atomic mass is 16.7. The molecule has 3 aliphatic heterocycles. The van der Waals surface area contributed by atoms with Gasteiger partial charge in [0.2, 0.25) is 25.2 Å². The van der Waals surface area contributed by atoms with Crippen LogP contribution in [0.15, 0.2) is 35.7 Å². The minimum absolute atomic E-state index is 0.0468. The summed E-state index contributed by atoms with van der Waals surface area (Å²) >= 11 is 0. The Labute approximate surface area is 154 Å². The third kappa shape index (κ3) is 2.22. The second kappa shape index (κ2) is 5.64. The van der Waals surface area contributed by atoms with Crippen LogP contribution in [0, 0.1) is 11.3 Å². The number of rotatable bonds is 2. The second-order valence-electron chi connectivity index (χ2n) is 6.13. The van der Waals surface area contributed by atoms with Gasteiger partial charge in [-0.05, 0) is 23.8 Å². The van der Waals surface area contributed by atoms with E-state index in [1.165, 1.54) is 0 Å². The van der Waals surface area contributed by atoms with Gasteiger partial charge >= 0.3 is 0 Å². The van der Waals surface area contributed by atoms with Crippen LogP contribution in [-0.4, -0.2) is 20.7 Å². The number of ether oxygens (including phenoxy) is 6. The van der Waals surface area contributed by atoms with Crippen molar-refractivity contribution >= 4 is 0 Å². The molecule has 0 bridgehead atoms. The Morgan fingerprint density at radius 3 is 2.52 bits per heavy atom. The molecule has 0 aliphatic carbocycles. The van der Waals surface area contributed by atoms with E-state index >= 15 is 0 Å². The van der Waals surface area contributed by atoms with Gasteiger partial charge in [0.25, 0.3) is 0 Å². The highest BCUT2D eigenvalue weighted by Gasteiger charge is 2.35. The first-order chi connectivity index (χ1) is 13.2. The smallest absolute Gasteiger partial charge is 0.231 e. The van der Waals surface area contributed by atoms with Gasteiger partial charge in [0.1, 0.15) is 17.4 Å². The van der Waals surface area contributed by atoms with Crippen LogP contribution in [0.25, 0.3) is 0 Å². The molecule has 3 heterocycles. The Kier molecular flexibility index (Phi) is 3.24. The summed E-state index contributed by atoms with van der Waals surface area (Å²) in [6.07, 6.45) is 0. The average Bonchev–Trinajstić information content (AvgIpc) is 3.33. The molecule has 2 N–H and O–H groups in total. The molecular weight excluding hydrogens is 352 g/mol. The lowest BCUT2D eigenvalue weighted by atomic mass is 9.83. The van der Waals surface area contributed by atoms with E-state index in [9.17, 15) is 5.26 Å². The molecule has 2 aromatic rings. The largest absolute Gasteiger partial charge is 0.493 e. The summed E-state index contributed by atoms with van der Waals surface area (Å²) in [6, 6.07) is 9.31. The highest BCUT2D eigenvalue weighted by molar-refractivity contribution is 5.64. The number of fused-ring (bicyclic) bond motifs is 3. The molecule has 0 spiro atoms. The zero-order valence-corrected chi connectivity index (χ0v) is 14.3. The molecule has 2 aromatic carbocycles. The van der Waals surface area contributed by atoms with Crippen molar-refractivity contribution in [1.29, 1.82) is 5.26 Å². The molecule has 1 atom stereocenters. The number of nitrogens with two attached hydrogens (primary N) is 1. The lowest BCUT2D eigenvalue weighted by molar-refractivity contribution is 0.171. The van der Waals surface area contributed by atoms with Crippen molar-refractivity contribution in [2.24, 2.45) is 5.73 Å². The van der Waals surface area contributed by atoms with Gasteiger partial charge in [-0.15, -0.1) is 0 Å². The molecule has 0 saturated heterocycles. The van der Waals surface area contributed by atoms with Crippen molar-refractivity contribution in [1.82, 2.24) is 0 Å². The van der Waals surface area contributed by atoms with Crippen LogP contribution in [0.1, 0.15) is 17.0 Å². The van der Waals surface area contributed by atoms with Crippen LogP contribution in [-0.2, 0) is 0 Å². The molecule has 3 aliphatic rings. The molecule has 136 valence electrons. The van der Waals surface area contributed by atoms with E-state index in [0.717, 1.165) is 11.1 Å². The molecule has 8 heteroatoms. The van der Waals surface area contributed by atoms with Gasteiger partial charge in [-0.3, -0.25) is 0 Å². The van der Waals surface area contributed by atoms with Gasteiger partial charge in [-0.1, -0.05) is 0 Å². The van der Waals surface area contributed by atoms with Gasteiger partial charge in [0.15, 0.2) is 23.0 Å².